The summed E-state index contributed by atoms with van der Waals surface area (Å²) in [6.45, 7) is 0.673. The van der Waals surface area contributed by atoms with Gasteiger partial charge in [-0.2, -0.15) is 0 Å². The fourth-order valence-electron chi connectivity index (χ4n) is 1.63. The van der Waals surface area contributed by atoms with E-state index in [9.17, 15) is 9.18 Å². The Morgan fingerprint density at radius 2 is 2.24 bits per heavy atom. The highest BCUT2D eigenvalue weighted by atomic mass is 35.5. The van der Waals surface area contributed by atoms with Crippen molar-refractivity contribution in [3.8, 4) is 11.8 Å². The van der Waals surface area contributed by atoms with Gasteiger partial charge in [-0.3, -0.25) is 4.79 Å². The molecule has 0 spiro atoms. The number of benzene rings is 1. The van der Waals surface area contributed by atoms with Crippen molar-refractivity contribution in [2.45, 2.75) is 6.54 Å². The van der Waals surface area contributed by atoms with Crippen LogP contribution >= 0.6 is 22.9 Å². The zero-order valence-electron chi connectivity index (χ0n) is 11.0. The van der Waals surface area contributed by atoms with Gasteiger partial charge < -0.3 is 11.1 Å². The molecule has 2 aromatic rings. The van der Waals surface area contributed by atoms with Gasteiger partial charge in [-0.25, -0.2) is 4.39 Å². The molecule has 1 aromatic carbocycles. The highest BCUT2D eigenvalue weighted by molar-refractivity contribution is 7.10. The minimum atomic E-state index is -0.474. The molecule has 0 aliphatic rings. The van der Waals surface area contributed by atoms with Gasteiger partial charge in [0.05, 0.1) is 23.7 Å². The van der Waals surface area contributed by atoms with Gasteiger partial charge in [0.2, 0.25) is 0 Å². The smallest absolute Gasteiger partial charge is 0.253 e. The molecule has 1 aromatic heterocycles. The Morgan fingerprint density at radius 1 is 1.43 bits per heavy atom. The third kappa shape index (κ3) is 4.30. The normalized spacial score (nSPS) is 9.86. The summed E-state index contributed by atoms with van der Waals surface area (Å²) in [5, 5.41) is 4.73. The zero-order chi connectivity index (χ0) is 15.2. The van der Waals surface area contributed by atoms with Gasteiger partial charge in [0.1, 0.15) is 5.82 Å². The van der Waals surface area contributed by atoms with Crippen LogP contribution in [0.1, 0.15) is 20.8 Å². The van der Waals surface area contributed by atoms with Gasteiger partial charge in [-0.1, -0.05) is 23.4 Å². The number of amides is 1. The number of hydrogen-bond acceptors (Lipinski definition) is 3. The largest absolute Gasteiger partial charge is 0.347 e. The van der Waals surface area contributed by atoms with Crippen LogP contribution in [0, 0.1) is 17.7 Å². The molecule has 0 radical (unpaired) electrons. The molecule has 0 aliphatic carbocycles. The quantitative estimate of drug-likeness (QED) is 0.854. The molecule has 0 atom stereocenters. The first-order valence-corrected chi connectivity index (χ1v) is 7.35. The van der Waals surface area contributed by atoms with E-state index in [0.29, 0.717) is 13.1 Å². The van der Waals surface area contributed by atoms with Crippen molar-refractivity contribution < 1.29 is 9.18 Å². The first-order valence-electron chi connectivity index (χ1n) is 6.09. The third-order valence-electron chi connectivity index (χ3n) is 2.59. The molecule has 0 fully saturated rings. The molecule has 0 aliphatic heterocycles. The second-order valence-corrected chi connectivity index (χ2v) is 5.52. The molecule has 0 bridgehead atoms. The van der Waals surface area contributed by atoms with Crippen molar-refractivity contribution in [3.63, 3.8) is 0 Å². The van der Waals surface area contributed by atoms with Crippen LogP contribution in [-0.2, 0) is 6.54 Å². The molecule has 1 amide bonds. The Balaban J connectivity index is 1.99. The van der Waals surface area contributed by atoms with E-state index in [0.717, 1.165) is 16.5 Å². The second kappa shape index (κ2) is 7.23. The van der Waals surface area contributed by atoms with Crippen molar-refractivity contribution in [1.29, 1.82) is 0 Å². The Labute approximate surface area is 130 Å². The second-order valence-electron chi connectivity index (χ2n) is 4.11. The third-order valence-corrected chi connectivity index (χ3v) is 3.84. The lowest BCUT2D eigenvalue weighted by Crippen LogP contribution is -2.22. The van der Waals surface area contributed by atoms with Crippen LogP contribution in [-0.4, -0.2) is 12.5 Å². The molecular formula is C15H12ClFN2OS. The maximum absolute atomic E-state index is 12.9. The molecule has 2 rings (SSSR count). The first-order chi connectivity index (χ1) is 10.1. The van der Waals surface area contributed by atoms with Crippen molar-refractivity contribution in [2.24, 2.45) is 5.73 Å². The minimum Gasteiger partial charge on any atom is -0.347 e. The Bertz CT molecular complexity index is 718. The average Bonchev–Trinajstić information content (AvgIpc) is 2.90. The molecule has 21 heavy (non-hydrogen) atoms. The van der Waals surface area contributed by atoms with E-state index in [1.165, 1.54) is 23.5 Å². The molecule has 6 heteroatoms. The van der Waals surface area contributed by atoms with Gasteiger partial charge in [-0.15, -0.1) is 11.3 Å². The van der Waals surface area contributed by atoms with Crippen LogP contribution in [0.3, 0.4) is 0 Å². The molecule has 1 heterocycles. The summed E-state index contributed by atoms with van der Waals surface area (Å²) in [6, 6.07) is 5.56. The van der Waals surface area contributed by atoms with Gasteiger partial charge >= 0.3 is 0 Å². The first kappa shape index (κ1) is 15.5. The monoisotopic (exact) mass is 322 g/mol. The lowest BCUT2D eigenvalue weighted by molar-refractivity contribution is 0.0951. The number of carbonyl (C=O) groups is 1. The molecule has 3 N–H and O–H groups in total. The van der Waals surface area contributed by atoms with Gasteiger partial charge in [0.25, 0.3) is 5.91 Å². The van der Waals surface area contributed by atoms with E-state index >= 15 is 0 Å². The van der Waals surface area contributed by atoms with Gasteiger partial charge in [0, 0.05) is 15.8 Å². The van der Waals surface area contributed by atoms with Crippen LogP contribution < -0.4 is 11.1 Å². The van der Waals surface area contributed by atoms with Crippen LogP contribution in [0.2, 0.25) is 5.02 Å². The topological polar surface area (TPSA) is 55.1 Å². The number of halogens is 2. The van der Waals surface area contributed by atoms with Crippen molar-refractivity contribution in [2.75, 3.05) is 6.54 Å². The lowest BCUT2D eigenvalue weighted by Gasteiger charge is -2.05. The van der Waals surface area contributed by atoms with E-state index in [4.69, 9.17) is 17.3 Å². The van der Waals surface area contributed by atoms with Crippen molar-refractivity contribution in [3.05, 3.63) is 56.5 Å². The van der Waals surface area contributed by atoms with E-state index in [1.54, 1.807) is 0 Å². The van der Waals surface area contributed by atoms with E-state index in [-0.39, 0.29) is 16.5 Å². The van der Waals surface area contributed by atoms with Crippen molar-refractivity contribution >= 4 is 28.8 Å². The lowest BCUT2D eigenvalue weighted by atomic mass is 10.2. The SMILES string of the molecule is NCC#Cc1csc(CNC(=O)c2ccc(F)cc2Cl)c1. The fraction of sp³-hybridized carbons (Fsp3) is 0.133. The summed E-state index contributed by atoms with van der Waals surface area (Å²) in [7, 11) is 0. The molecule has 0 saturated carbocycles. The van der Waals surface area contributed by atoms with Crippen LogP contribution in [0.15, 0.2) is 29.6 Å². The Morgan fingerprint density at radius 3 is 2.95 bits per heavy atom. The van der Waals surface area contributed by atoms with E-state index in [2.05, 4.69) is 17.2 Å². The van der Waals surface area contributed by atoms with E-state index in [1.807, 2.05) is 11.4 Å². The summed E-state index contributed by atoms with van der Waals surface area (Å²) in [5.41, 5.74) is 6.42. The number of thiophene rings is 1. The standard InChI is InChI=1S/C15H12ClFN2OS/c16-14-7-11(17)3-4-13(14)15(20)19-8-12-6-10(9-21-12)2-1-5-18/h3-4,6-7,9H,5,8,18H2,(H,19,20). The van der Waals surface area contributed by atoms with Gasteiger partial charge in [-0.05, 0) is 24.3 Å². The number of rotatable bonds is 3. The summed E-state index contributed by atoms with van der Waals surface area (Å²) in [4.78, 5) is 12.9. The minimum absolute atomic E-state index is 0.0909. The average molecular weight is 323 g/mol. The fourth-order valence-corrected chi connectivity index (χ4v) is 2.64. The van der Waals surface area contributed by atoms with Crippen molar-refractivity contribution in [1.82, 2.24) is 5.32 Å². The van der Waals surface area contributed by atoms with Crippen LogP contribution in [0.25, 0.3) is 0 Å². The van der Waals surface area contributed by atoms with E-state index < -0.39 is 5.82 Å². The molecule has 0 unspecified atom stereocenters. The predicted octanol–water partition coefficient (Wildman–Crippen LogP) is 2.78. The summed E-state index contributed by atoms with van der Waals surface area (Å²) < 4.78 is 12.9. The Kier molecular flexibility index (Phi) is 5.34. The maximum atomic E-state index is 12.9. The molecule has 108 valence electrons. The highest BCUT2D eigenvalue weighted by Crippen LogP contribution is 2.18. The van der Waals surface area contributed by atoms with Crippen LogP contribution in [0.5, 0.6) is 0 Å². The highest BCUT2D eigenvalue weighted by Gasteiger charge is 2.11. The molecular weight excluding hydrogens is 311 g/mol. The number of carbonyl (C=O) groups excluding carboxylic acids is 1. The predicted molar refractivity (Wildman–Crippen MR) is 82.8 cm³/mol. The van der Waals surface area contributed by atoms with Crippen LogP contribution in [0.4, 0.5) is 4.39 Å². The summed E-state index contributed by atoms with van der Waals surface area (Å²) >= 11 is 7.33. The molecule has 3 nitrogen and oxygen atoms in total. The Hall–Kier alpha value is -1.87. The summed E-state index contributed by atoms with van der Waals surface area (Å²) in [5.74, 6) is 4.87. The zero-order valence-corrected chi connectivity index (χ0v) is 12.5. The number of hydrogen-bond donors (Lipinski definition) is 2. The maximum Gasteiger partial charge on any atom is 0.253 e. The number of nitrogens with one attached hydrogen (secondary N) is 1. The number of nitrogens with two attached hydrogens (primary N) is 1. The molecule has 0 saturated heterocycles. The van der Waals surface area contributed by atoms with Gasteiger partial charge in [0.15, 0.2) is 0 Å². The summed E-state index contributed by atoms with van der Waals surface area (Å²) in [6.07, 6.45) is 0.